The molecule has 2 rings (SSSR count). The van der Waals surface area contributed by atoms with Crippen molar-refractivity contribution in [3.05, 3.63) is 22.0 Å². The minimum Gasteiger partial charge on any atom is -0.348 e. The van der Waals surface area contributed by atoms with Crippen LogP contribution in [0, 0.1) is 10.1 Å². The van der Waals surface area contributed by atoms with Gasteiger partial charge in [-0.25, -0.2) is 0 Å². The molecule has 7 heteroatoms. The van der Waals surface area contributed by atoms with Crippen LogP contribution < -0.4 is 5.32 Å². The van der Waals surface area contributed by atoms with Gasteiger partial charge in [0, 0.05) is 6.04 Å². The SMILES string of the molecule is O=C(NC1CCCCCC1)c1[nH]ncc1[N+](=O)[O-]. The number of nitro groups is 1. The molecule has 1 amide bonds. The third kappa shape index (κ3) is 2.85. The van der Waals surface area contributed by atoms with Gasteiger partial charge in [0.2, 0.25) is 5.69 Å². The van der Waals surface area contributed by atoms with E-state index in [9.17, 15) is 14.9 Å². The number of H-pyrrole nitrogens is 1. The first-order valence-corrected chi connectivity index (χ1v) is 6.17. The van der Waals surface area contributed by atoms with Gasteiger partial charge in [0.05, 0.1) is 4.92 Å². The van der Waals surface area contributed by atoms with E-state index in [0.717, 1.165) is 31.9 Å². The summed E-state index contributed by atoms with van der Waals surface area (Å²) in [4.78, 5) is 22.0. The Kier molecular flexibility index (Phi) is 3.91. The van der Waals surface area contributed by atoms with Crippen molar-refractivity contribution in [1.29, 1.82) is 0 Å². The van der Waals surface area contributed by atoms with Crippen LogP contribution in [0.15, 0.2) is 6.20 Å². The van der Waals surface area contributed by atoms with Crippen LogP contribution in [-0.2, 0) is 0 Å². The molecule has 18 heavy (non-hydrogen) atoms. The summed E-state index contributed by atoms with van der Waals surface area (Å²) in [5.41, 5.74) is -0.342. The zero-order valence-corrected chi connectivity index (χ0v) is 10.0. The van der Waals surface area contributed by atoms with Gasteiger partial charge in [0.1, 0.15) is 6.20 Å². The Balaban J connectivity index is 2.02. The molecular formula is C11H16N4O3. The van der Waals surface area contributed by atoms with Crippen molar-refractivity contribution >= 4 is 11.6 Å². The number of aromatic nitrogens is 2. The molecule has 0 unspecified atom stereocenters. The van der Waals surface area contributed by atoms with Crippen molar-refractivity contribution in [2.45, 2.75) is 44.6 Å². The average molecular weight is 252 g/mol. The Bertz CT molecular complexity index is 435. The largest absolute Gasteiger partial charge is 0.348 e. The quantitative estimate of drug-likeness (QED) is 0.486. The highest BCUT2D eigenvalue weighted by Gasteiger charge is 2.24. The highest BCUT2D eigenvalue weighted by atomic mass is 16.6. The first-order chi connectivity index (χ1) is 8.68. The van der Waals surface area contributed by atoms with Crippen LogP contribution in [0.3, 0.4) is 0 Å². The molecule has 0 bridgehead atoms. The molecule has 1 fully saturated rings. The number of nitrogens with one attached hydrogen (secondary N) is 2. The van der Waals surface area contributed by atoms with Gasteiger partial charge in [-0.1, -0.05) is 25.7 Å². The summed E-state index contributed by atoms with van der Waals surface area (Å²) < 4.78 is 0. The monoisotopic (exact) mass is 252 g/mol. The molecule has 1 aliphatic rings. The van der Waals surface area contributed by atoms with Crippen molar-refractivity contribution in [2.24, 2.45) is 0 Å². The van der Waals surface area contributed by atoms with Crippen LogP contribution in [0.5, 0.6) is 0 Å². The number of rotatable bonds is 3. The summed E-state index contributed by atoms with van der Waals surface area (Å²) >= 11 is 0. The molecule has 0 saturated heterocycles. The van der Waals surface area contributed by atoms with Crippen molar-refractivity contribution < 1.29 is 9.72 Å². The molecule has 7 nitrogen and oxygen atoms in total. The lowest BCUT2D eigenvalue weighted by Gasteiger charge is -2.15. The predicted octanol–water partition coefficient (Wildman–Crippen LogP) is 1.77. The average Bonchev–Trinajstić information content (AvgIpc) is 2.70. The fourth-order valence-corrected chi connectivity index (χ4v) is 2.27. The van der Waals surface area contributed by atoms with E-state index in [1.165, 1.54) is 12.8 Å². The summed E-state index contributed by atoms with van der Waals surface area (Å²) in [6.45, 7) is 0. The summed E-state index contributed by atoms with van der Waals surface area (Å²) in [6, 6.07) is 0.114. The number of carbonyl (C=O) groups excluding carboxylic acids is 1. The predicted molar refractivity (Wildman–Crippen MR) is 64.2 cm³/mol. The Morgan fingerprint density at radius 2 is 2.06 bits per heavy atom. The lowest BCUT2D eigenvalue weighted by Crippen LogP contribution is -2.34. The van der Waals surface area contributed by atoms with Crippen molar-refractivity contribution in [3.8, 4) is 0 Å². The van der Waals surface area contributed by atoms with E-state index >= 15 is 0 Å². The van der Waals surface area contributed by atoms with Crippen LogP contribution in [0.4, 0.5) is 5.69 Å². The normalized spacial score (nSPS) is 17.1. The van der Waals surface area contributed by atoms with Crippen LogP contribution >= 0.6 is 0 Å². The summed E-state index contributed by atoms with van der Waals surface area (Å²) in [6.07, 6.45) is 7.50. The van der Waals surface area contributed by atoms with Crippen LogP contribution in [0.1, 0.15) is 49.0 Å². The topological polar surface area (TPSA) is 101 Å². The van der Waals surface area contributed by atoms with Crippen molar-refractivity contribution in [2.75, 3.05) is 0 Å². The summed E-state index contributed by atoms with van der Waals surface area (Å²) in [5, 5.41) is 19.5. The Morgan fingerprint density at radius 3 is 2.67 bits per heavy atom. The molecule has 2 N–H and O–H groups in total. The van der Waals surface area contributed by atoms with E-state index in [1.807, 2.05) is 0 Å². The van der Waals surface area contributed by atoms with E-state index in [4.69, 9.17) is 0 Å². The molecular weight excluding hydrogens is 236 g/mol. The molecule has 0 aromatic carbocycles. The van der Waals surface area contributed by atoms with Gasteiger partial charge in [-0.3, -0.25) is 20.0 Å². The molecule has 0 aliphatic heterocycles. The Morgan fingerprint density at radius 1 is 1.39 bits per heavy atom. The van der Waals surface area contributed by atoms with Gasteiger partial charge in [-0.2, -0.15) is 5.10 Å². The maximum atomic E-state index is 11.9. The smallest absolute Gasteiger partial charge is 0.319 e. The van der Waals surface area contributed by atoms with Crippen LogP contribution in [0.25, 0.3) is 0 Å². The first-order valence-electron chi connectivity index (χ1n) is 6.17. The zero-order valence-electron chi connectivity index (χ0n) is 10.0. The number of hydrogen-bond donors (Lipinski definition) is 2. The van der Waals surface area contributed by atoms with E-state index in [-0.39, 0.29) is 17.4 Å². The Hall–Kier alpha value is -1.92. The second-order valence-corrected chi connectivity index (χ2v) is 4.55. The van der Waals surface area contributed by atoms with E-state index in [0.29, 0.717) is 0 Å². The number of hydrogen-bond acceptors (Lipinski definition) is 4. The standard InChI is InChI=1S/C11H16N4O3/c16-11(10-9(15(17)18)7-12-14-10)13-8-5-3-1-2-4-6-8/h7-8H,1-6H2,(H,12,14)(H,13,16). The minimum atomic E-state index is -0.606. The summed E-state index contributed by atoms with van der Waals surface area (Å²) in [7, 11) is 0. The molecule has 98 valence electrons. The Labute approximate surface area is 104 Å². The molecule has 1 aromatic heterocycles. The van der Waals surface area contributed by atoms with Crippen molar-refractivity contribution in [3.63, 3.8) is 0 Å². The fraction of sp³-hybridized carbons (Fsp3) is 0.636. The third-order valence-electron chi connectivity index (χ3n) is 3.23. The number of nitrogens with zero attached hydrogens (tertiary/aromatic N) is 2. The first kappa shape index (κ1) is 12.5. The molecule has 0 radical (unpaired) electrons. The van der Waals surface area contributed by atoms with Gasteiger partial charge >= 0.3 is 5.69 Å². The highest BCUT2D eigenvalue weighted by Crippen LogP contribution is 2.19. The van der Waals surface area contributed by atoms with Gasteiger partial charge < -0.3 is 5.32 Å². The van der Waals surface area contributed by atoms with Gasteiger partial charge in [-0.15, -0.1) is 0 Å². The number of carbonyl (C=O) groups is 1. The third-order valence-corrected chi connectivity index (χ3v) is 3.23. The second kappa shape index (κ2) is 5.61. The maximum absolute atomic E-state index is 11.9. The highest BCUT2D eigenvalue weighted by molar-refractivity contribution is 5.96. The lowest BCUT2D eigenvalue weighted by molar-refractivity contribution is -0.385. The van der Waals surface area contributed by atoms with Gasteiger partial charge in [0.25, 0.3) is 5.91 Å². The van der Waals surface area contributed by atoms with Crippen LogP contribution in [0.2, 0.25) is 0 Å². The molecule has 1 aromatic rings. The summed E-state index contributed by atoms with van der Waals surface area (Å²) in [5.74, 6) is -0.439. The van der Waals surface area contributed by atoms with Gasteiger partial charge in [-0.05, 0) is 12.8 Å². The lowest BCUT2D eigenvalue weighted by atomic mass is 10.1. The molecule has 0 spiro atoms. The number of amides is 1. The van der Waals surface area contributed by atoms with E-state index in [2.05, 4.69) is 15.5 Å². The minimum absolute atomic E-state index is 0.0655. The zero-order chi connectivity index (χ0) is 13.0. The van der Waals surface area contributed by atoms with E-state index in [1.54, 1.807) is 0 Å². The van der Waals surface area contributed by atoms with Gasteiger partial charge in [0.15, 0.2) is 0 Å². The number of aromatic amines is 1. The molecule has 1 heterocycles. The van der Waals surface area contributed by atoms with E-state index < -0.39 is 10.8 Å². The maximum Gasteiger partial charge on any atom is 0.319 e. The fourth-order valence-electron chi connectivity index (χ4n) is 2.27. The second-order valence-electron chi connectivity index (χ2n) is 4.55. The molecule has 1 saturated carbocycles. The van der Waals surface area contributed by atoms with Crippen molar-refractivity contribution in [1.82, 2.24) is 15.5 Å². The molecule has 0 atom stereocenters. The molecule has 1 aliphatic carbocycles. The van der Waals surface area contributed by atoms with Crippen LogP contribution in [-0.4, -0.2) is 27.1 Å².